The zero-order valence-electron chi connectivity index (χ0n) is 19.0. The molecule has 33 heavy (non-hydrogen) atoms. The van der Waals surface area contributed by atoms with Gasteiger partial charge in [-0.2, -0.15) is 0 Å². The first-order valence-corrected chi connectivity index (χ1v) is 11.8. The third-order valence-corrected chi connectivity index (χ3v) is 6.30. The summed E-state index contributed by atoms with van der Waals surface area (Å²) in [6.07, 6.45) is 1.58. The smallest absolute Gasteiger partial charge is 0.262 e. The van der Waals surface area contributed by atoms with Crippen molar-refractivity contribution in [3.63, 3.8) is 0 Å². The second-order valence-electron chi connectivity index (χ2n) is 8.81. The van der Waals surface area contributed by atoms with Gasteiger partial charge in [0, 0.05) is 12.1 Å². The van der Waals surface area contributed by atoms with E-state index in [0.717, 1.165) is 5.56 Å². The third kappa shape index (κ3) is 5.37. The minimum absolute atomic E-state index is 0.0108. The summed E-state index contributed by atoms with van der Waals surface area (Å²) in [7, 11) is 0. The molecule has 7 heteroatoms. The first kappa shape index (κ1) is 22.9. The average molecular weight is 462 g/mol. The molecule has 170 valence electrons. The average Bonchev–Trinajstić information content (AvgIpc) is 3.31. The molecule has 0 aliphatic rings. The molecule has 2 aromatic heterocycles. The maximum absolute atomic E-state index is 13.3. The van der Waals surface area contributed by atoms with E-state index in [1.54, 1.807) is 23.0 Å². The molecule has 0 fully saturated rings. The molecule has 6 nitrogen and oxygen atoms in total. The van der Waals surface area contributed by atoms with Gasteiger partial charge in [0.1, 0.15) is 5.76 Å². The lowest BCUT2D eigenvalue weighted by molar-refractivity contribution is -0.133. The normalized spacial score (nSPS) is 11.6. The second kappa shape index (κ2) is 9.67. The van der Waals surface area contributed by atoms with Gasteiger partial charge in [-0.25, -0.2) is 4.98 Å². The van der Waals surface area contributed by atoms with E-state index in [1.807, 2.05) is 80.3 Å². The van der Waals surface area contributed by atoms with Crippen LogP contribution in [-0.4, -0.2) is 31.6 Å². The predicted molar refractivity (Wildman–Crippen MR) is 131 cm³/mol. The summed E-state index contributed by atoms with van der Waals surface area (Å²) in [5, 5.41) is 1.04. The Labute approximate surface area is 197 Å². The highest BCUT2D eigenvalue weighted by molar-refractivity contribution is 7.99. The third-order valence-electron chi connectivity index (χ3n) is 5.34. The molecular formula is C26H27N3O3S. The van der Waals surface area contributed by atoms with Gasteiger partial charge in [-0.3, -0.25) is 14.2 Å². The summed E-state index contributed by atoms with van der Waals surface area (Å²) in [6, 6.07) is 20.8. The number of thioether (sulfide) groups is 1. The summed E-state index contributed by atoms with van der Waals surface area (Å²) in [5.41, 5.74) is 1.19. The number of hydrogen-bond acceptors (Lipinski definition) is 5. The van der Waals surface area contributed by atoms with Gasteiger partial charge >= 0.3 is 0 Å². The van der Waals surface area contributed by atoms with Gasteiger partial charge in [0.25, 0.3) is 5.56 Å². The number of aromatic nitrogens is 2. The lowest BCUT2D eigenvalue weighted by Crippen LogP contribution is -2.46. The quantitative estimate of drug-likeness (QED) is 0.288. The van der Waals surface area contributed by atoms with Crippen molar-refractivity contribution < 1.29 is 9.21 Å². The molecule has 1 amide bonds. The first-order valence-electron chi connectivity index (χ1n) is 10.8. The Balaban J connectivity index is 1.62. The molecule has 0 saturated heterocycles. The van der Waals surface area contributed by atoms with E-state index in [-0.39, 0.29) is 29.3 Å². The van der Waals surface area contributed by atoms with Gasteiger partial charge in [-0.05, 0) is 50.6 Å². The van der Waals surface area contributed by atoms with Crippen LogP contribution >= 0.6 is 11.8 Å². The first-order chi connectivity index (χ1) is 15.8. The van der Waals surface area contributed by atoms with Crippen LogP contribution in [-0.2, 0) is 17.9 Å². The van der Waals surface area contributed by atoms with Crippen LogP contribution in [0.2, 0.25) is 0 Å². The maximum Gasteiger partial charge on any atom is 0.262 e. The van der Waals surface area contributed by atoms with Crippen LogP contribution in [0.1, 0.15) is 32.1 Å². The van der Waals surface area contributed by atoms with E-state index in [4.69, 9.17) is 9.40 Å². The summed E-state index contributed by atoms with van der Waals surface area (Å²) in [5.74, 6) is 0.818. The molecule has 0 spiro atoms. The maximum atomic E-state index is 13.3. The topological polar surface area (TPSA) is 68.3 Å². The lowest BCUT2D eigenvalue weighted by Gasteiger charge is -2.36. The molecule has 0 atom stereocenters. The molecule has 0 saturated carbocycles. The van der Waals surface area contributed by atoms with Crippen LogP contribution in [0.3, 0.4) is 0 Å². The number of furan rings is 1. The number of benzene rings is 2. The van der Waals surface area contributed by atoms with Crippen molar-refractivity contribution in [2.45, 2.75) is 44.6 Å². The highest BCUT2D eigenvalue weighted by atomic mass is 32.2. The SMILES string of the molecule is CC(C)(C)N(Cc1ccccc1)C(=O)CSc1nc2ccccc2c(=O)n1Cc1ccco1. The molecule has 0 aliphatic heterocycles. The Morgan fingerprint density at radius 1 is 1.03 bits per heavy atom. The highest BCUT2D eigenvalue weighted by Gasteiger charge is 2.27. The van der Waals surface area contributed by atoms with Gasteiger partial charge in [0.05, 0.1) is 29.5 Å². The van der Waals surface area contributed by atoms with Crippen LogP contribution in [0.4, 0.5) is 0 Å². The summed E-state index contributed by atoms with van der Waals surface area (Å²) < 4.78 is 7.04. The fourth-order valence-corrected chi connectivity index (χ4v) is 4.50. The van der Waals surface area contributed by atoms with Gasteiger partial charge in [-0.15, -0.1) is 0 Å². The Morgan fingerprint density at radius 2 is 1.76 bits per heavy atom. The number of fused-ring (bicyclic) bond motifs is 1. The Morgan fingerprint density at radius 3 is 2.45 bits per heavy atom. The molecular weight excluding hydrogens is 434 g/mol. The standard InChI is InChI=1S/C26H27N3O3S/c1-26(2,3)29(16-19-10-5-4-6-11-19)23(30)18-33-25-27-22-14-8-7-13-21(22)24(31)28(25)17-20-12-9-15-32-20/h4-15H,16-18H2,1-3H3. The van der Waals surface area contributed by atoms with Crippen LogP contribution < -0.4 is 5.56 Å². The van der Waals surface area contributed by atoms with Gasteiger partial charge in [-0.1, -0.05) is 54.2 Å². The van der Waals surface area contributed by atoms with Crippen LogP contribution in [0, 0.1) is 0 Å². The van der Waals surface area contributed by atoms with Crippen LogP contribution in [0.5, 0.6) is 0 Å². The van der Waals surface area contributed by atoms with E-state index < -0.39 is 0 Å². The molecule has 4 rings (SSSR count). The fourth-order valence-electron chi connectivity index (χ4n) is 3.63. The minimum Gasteiger partial charge on any atom is -0.467 e. The number of rotatable bonds is 7. The van der Waals surface area contributed by atoms with E-state index in [0.29, 0.717) is 28.4 Å². The molecule has 0 unspecified atom stereocenters. The number of para-hydroxylation sites is 1. The van der Waals surface area contributed by atoms with Crippen molar-refractivity contribution >= 4 is 28.6 Å². The van der Waals surface area contributed by atoms with Crippen molar-refractivity contribution in [2.75, 3.05) is 5.75 Å². The zero-order chi connectivity index (χ0) is 23.4. The van der Waals surface area contributed by atoms with Gasteiger partial charge in [0.2, 0.25) is 5.91 Å². The monoisotopic (exact) mass is 461 g/mol. The highest BCUT2D eigenvalue weighted by Crippen LogP contribution is 2.23. The number of nitrogens with zero attached hydrogens (tertiary/aromatic N) is 3. The fraction of sp³-hybridized carbons (Fsp3) is 0.269. The molecule has 0 bridgehead atoms. The van der Waals surface area contributed by atoms with Crippen molar-refractivity contribution in [2.24, 2.45) is 0 Å². The van der Waals surface area contributed by atoms with Crippen molar-refractivity contribution in [1.82, 2.24) is 14.5 Å². The van der Waals surface area contributed by atoms with E-state index >= 15 is 0 Å². The second-order valence-corrected chi connectivity index (χ2v) is 9.75. The zero-order valence-corrected chi connectivity index (χ0v) is 19.8. The summed E-state index contributed by atoms with van der Waals surface area (Å²) in [4.78, 5) is 33.1. The van der Waals surface area contributed by atoms with Crippen molar-refractivity contribution in [3.05, 3.63) is 94.7 Å². The molecule has 0 aliphatic carbocycles. The van der Waals surface area contributed by atoms with E-state index in [1.165, 1.54) is 11.8 Å². The molecule has 2 heterocycles. The Bertz CT molecular complexity index is 1290. The van der Waals surface area contributed by atoms with Crippen LogP contribution in [0.15, 0.2) is 87.4 Å². The number of carbonyl (C=O) groups is 1. The summed E-state index contributed by atoms with van der Waals surface area (Å²) in [6.45, 7) is 6.86. The molecule has 2 aromatic carbocycles. The minimum atomic E-state index is -0.349. The van der Waals surface area contributed by atoms with Gasteiger partial charge in [0.15, 0.2) is 5.16 Å². The van der Waals surface area contributed by atoms with Crippen molar-refractivity contribution in [3.8, 4) is 0 Å². The van der Waals surface area contributed by atoms with E-state index in [2.05, 4.69) is 0 Å². The Kier molecular flexibility index (Phi) is 6.70. The van der Waals surface area contributed by atoms with E-state index in [9.17, 15) is 9.59 Å². The molecule has 0 radical (unpaired) electrons. The largest absolute Gasteiger partial charge is 0.467 e. The molecule has 0 N–H and O–H groups in total. The Hall–Kier alpha value is -3.32. The number of hydrogen-bond donors (Lipinski definition) is 0. The predicted octanol–water partition coefficient (Wildman–Crippen LogP) is 4.96. The van der Waals surface area contributed by atoms with Crippen LogP contribution in [0.25, 0.3) is 10.9 Å². The number of carbonyl (C=O) groups excluding carboxylic acids is 1. The van der Waals surface area contributed by atoms with Gasteiger partial charge < -0.3 is 9.32 Å². The van der Waals surface area contributed by atoms with Crippen molar-refractivity contribution in [1.29, 1.82) is 0 Å². The summed E-state index contributed by atoms with van der Waals surface area (Å²) >= 11 is 1.28. The molecule has 4 aromatic rings. The number of amides is 1. The lowest BCUT2D eigenvalue weighted by atomic mass is 10.0.